The smallest absolute Gasteiger partial charge is 0.124 e. The molecule has 20 heavy (non-hydrogen) atoms. The highest BCUT2D eigenvalue weighted by molar-refractivity contribution is 5.42. The highest BCUT2D eigenvalue weighted by atomic mass is 16.5. The molecule has 0 saturated carbocycles. The van der Waals surface area contributed by atoms with Gasteiger partial charge < -0.3 is 4.74 Å². The fourth-order valence-electron chi connectivity index (χ4n) is 2.40. The number of aryl methyl sites for hydroxylation is 2. The summed E-state index contributed by atoms with van der Waals surface area (Å²) < 4.78 is 7.43. The molecule has 1 atom stereocenters. The minimum absolute atomic E-state index is 0.140. The van der Waals surface area contributed by atoms with Crippen molar-refractivity contribution in [3.8, 4) is 5.75 Å². The molecule has 0 aliphatic heterocycles. The van der Waals surface area contributed by atoms with Gasteiger partial charge in [-0.1, -0.05) is 24.6 Å². The van der Waals surface area contributed by atoms with E-state index in [0.717, 1.165) is 30.0 Å². The number of aromatic nitrogens is 2. The van der Waals surface area contributed by atoms with Crippen LogP contribution in [-0.4, -0.2) is 16.9 Å². The van der Waals surface area contributed by atoms with Crippen LogP contribution in [0.5, 0.6) is 5.75 Å². The second-order valence-electron chi connectivity index (χ2n) is 4.82. The van der Waals surface area contributed by atoms with Gasteiger partial charge in [0.05, 0.1) is 18.8 Å². The van der Waals surface area contributed by atoms with Gasteiger partial charge in [0.1, 0.15) is 5.75 Å². The van der Waals surface area contributed by atoms with Gasteiger partial charge in [-0.3, -0.25) is 10.5 Å². The van der Waals surface area contributed by atoms with Crippen LogP contribution in [0.1, 0.15) is 36.2 Å². The van der Waals surface area contributed by atoms with Crippen LogP contribution in [0.3, 0.4) is 0 Å². The van der Waals surface area contributed by atoms with E-state index >= 15 is 0 Å². The fourth-order valence-corrected chi connectivity index (χ4v) is 2.40. The standard InChI is InChI=1S/C15H22N4O/c1-4-9-19-13(7-8-17-19)15(18-16)12-10-11(2)5-6-14(12)20-3/h5-8,10,15,18H,4,9,16H2,1-3H3. The first kappa shape index (κ1) is 14.6. The van der Waals surface area contributed by atoms with Crippen molar-refractivity contribution < 1.29 is 4.74 Å². The number of nitrogens with one attached hydrogen (secondary N) is 1. The van der Waals surface area contributed by atoms with Crippen LogP contribution in [0.15, 0.2) is 30.5 Å². The second-order valence-corrected chi connectivity index (χ2v) is 4.82. The van der Waals surface area contributed by atoms with Gasteiger partial charge in [-0.05, 0) is 25.5 Å². The van der Waals surface area contributed by atoms with Crippen LogP contribution < -0.4 is 16.0 Å². The molecule has 108 valence electrons. The first-order valence-electron chi connectivity index (χ1n) is 6.83. The highest BCUT2D eigenvalue weighted by Gasteiger charge is 2.20. The summed E-state index contributed by atoms with van der Waals surface area (Å²) in [5, 5.41) is 4.36. The van der Waals surface area contributed by atoms with Crippen LogP contribution in [0.4, 0.5) is 0 Å². The summed E-state index contributed by atoms with van der Waals surface area (Å²) in [7, 11) is 1.67. The normalized spacial score (nSPS) is 12.4. The van der Waals surface area contributed by atoms with Crippen molar-refractivity contribution in [3.05, 3.63) is 47.3 Å². The number of hydrogen-bond donors (Lipinski definition) is 2. The number of benzene rings is 1. The summed E-state index contributed by atoms with van der Waals surface area (Å²) >= 11 is 0. The largest absolute Gasteiger partial charge is 0.496 e. The maximum atomic E-state index is 5.79. The van der Waals surface area contributed by atoms with Gasteiger partial charge in [-0.25, -0.2) is 5.43 Å². The molecule has 0 aliphatic carbocycles. The van der Waals surface area contributed by atoms with Crippen molar-refractivity contribution in [2.24, 2.45) is 5.84 Å². The minimum atomic E-state index is -0.140. The van der Waals surface area contributed by atoms with E-state index in [1.165, 1.54) is 5.56 Å². The molecule has 1 aromatic heterocycles. The Labute approximate surface area is 119 Å². The van der Waals surface area contributed by atoms with Crippen molar-refractivity contribution in [2.45, 2.75) is 32.9 Å². The van der Waals surface area contributed by atoms with Gasteiger partial charge in [0.15, 0.2) is 0 Å². The zero-order valence-electron chi connectivity index (χ0n) is 12.3. The predicted octanol–water partition coefficient (Wildman–Crippen LogP) is 2.16. The van der Waals surface area contributed by atoms with Crippen LogP contribution in [0, 0.1) is 6.92 Å². The quantitative estimate of drug-likeness (QED) is 0.626. The van der Waals surface area contributed by atoms with E-state index in [1.54, 1.807) is 13.3 Å². The van der Waals surface area contributed by atoms with Crippen LogP contribution in [0.2, 0.25) is 0 Å². The number of methoxy groups -OCH3 is 1. The Morgan fingerprint density at radius 1 is 1.40 bits per heavy atom. The van der Waals surface area contributed by atoms with Gasteiger partial charge in [0, 0.05) is 18.3 Å². The van der Waals surface area contributed by atoms with Crippen molar-refractivity contribution in [1.29, 1.82) is 0 Å². The van der Waals surface area contributed by atoms with E-state index in [4.69, 9.17) is 10.6 Å². The molecular formula is C15H22N4O. The average Bonchev–Trinajstić information content (AvgIpc) is 2.89. The first-order valence-corrected chi connectivity index (χ1v) is 6.83. The number of ether oxygens (including phenoxy) is 1. The van der Waals surface area contributed by atoms with Gasteiger partial charge in [0.2, 0.25) is 0 Å². The van der Waals surface area contributed by atoms with E-state index in [9.17, 15) is 0 Å². The van der Waals surface area contributed by atoms with Gasteiger partial charge in [0.25, 0.3) is 0 Å². The van der Waals surface area contributed by atoms with Crippen LogP contribution in [-0.2, 0) is 6.54 Å². The third-order valence-corrected chi connectivity index (χ3v) is 3.34. The summed E-state index contributed by atoms with van der Waals surface area (Å²) in [5.74, 6) is 6.61. The topological polar surface area (TPSA) is 65.1 Å². The molecule has 2 rings (SSSR count). The molecule has 5 nitrogen and oxygen atoms in total. The van der Waals surface area contributed by atoms with Crippen molar-refractivity contribution >= 4 is 0 Å². The van der Waals surface area contributed by atoms with E-state index in [-0.39, 0.29) is 6.04 Å². The molecule has 2 aromatic rings. The lowest BCUT2D eigenvalue weighted by atomic mass is 10.0. The summed E-state index contributed by atoms with van der Waals surface area (Å²) in [4.78, 5) is 0. The summed E-state index contributed by atoms with van der Waals surface area (Å²) in [6.07, 6.45) is 2.83. The van der Waals surface area contributed by atoms with Crippen LogP contribution >= 0.6 is 0 Å². The van der Waals surface area contributed by atoms with E-state index in [0.29, 0.717) is 0 Å². The van der Waals surface area contributed by atoms with Crippen molar-refractivity contribution in [1.82, 2.24) is 15.2 Å². The van der Waals surface area contributed by atoms with Gasteiger partial charge in [-0.15, -0.1) is 0 Å². The molecule has 0 radical (unpaired) electrons. The molecule has 1 heterocycles. The predicted molar refractivity (Wildman–Crippen MR) is 79.4 cm³/mol. The molecule has 0 aliphatic rings. The second kappa shape index (κ2) is 6.54. The first-order chi connectivity index (χ1) is 9.71. The lowest BCUT2D eigenvalue weighted by Gasteiger charge is -2.21. The fraction of sp³-hybridized carbons (Fsp3) is 0.400. The molecule has 0 amide bonds. The number of nitrogens with two attached hydrogens (primary N) is 1. The lowest BCUT2D eigenvalue weighted by molar-refractivity contribution is 0.401. The molecule has 5 heteroatoms. The molecule has 0 saturated heterocycles. The molecule has 1 unspecified atom stereocenters. The summed E-state index contributed by atoms with van der Waals surface area (Å²) in [5.41, 5.74) is 6.11. The van der Waals surface area contributed by atoms with E-state index in [2.05, 4.69) is 30.4 Å². The number of rotatable bonds is 6. The monoisotopic (exact) mass is 274 g/mol. The zero-order chi connectivity index (χ0) is 14.5. The molecule has 0 bridgehead atoms. The van der Waals surface area contributed by atoms with Crippen molar-refractivity contribution in [2.75, 3.05) is 7.11 Å². The Bertz CT molecular complexity index is 565. The minimum Gasteiger partial charge on any atom is -0.496 e. The number of nitrogens with zero attached hydrogens (tertiary/aromatic N) is 2. The Balaban J connectivity index is 2.46. The van der Waals surface area contributed by atoms with E-state index < -0.39 is 0 Å². The SMILES string of the molecule is CCCn1nccc1C(NN)c1cc(C)ccc1OC. The summed E-state index contributed by atoms with van der Waals surface area (Å²) in [6.45, 7) is 5.05. The Morgan fingerprint density at radius 3 is 2.85 bits per heavy atom. The third kappa shape index (κ3) is 2.84. The maximum Gasteiger partial charge on any atom is 0.124 e. The molecule has 1 aromatic carbocycles. The third-order valence-electron chi connectivity index (χ3n) is 3.34. The Hall–Kier alpha value is -1.85. The molecule has 0 fully saturated rings. The van der Waals surface area contributed by atoms with E-state index in [1.807, 2.05) is 22.9 Å². The molecular weight excluding hydrogens is 252 g/mol. The lowest BCUT2D eigenvalue weighted by Crippen LogP contribution is -2.31. The highest BCUT2D eigenvalue weighted by Crippen LogP contribution is 2.30. The van der Waals surface area contributed by atoms with Gasteiger partial charge in [-0.2, -0.15) is 5.10 Å². The summed E-state index contributed by atoms with van der Waals surface area (Å²) in [6, 6.07) is 7.93. The number of hydrazine groups is 1. The zero-order valence-corrected chi connectivity index (χ0v) is 12.3. The Morgan fingerprint density at radius 2 is 2.20 bits per heavy atom. The van der Waals surface area contributed by atoms with Crippen molar-refractivity contribution in [3.63, 3.8) is 0 Å². The molecule has 3 N–H and O–H groups in total. The van der Waals surface area contributed by atoms with Crippen LogP contribution in [0.25, 0.3) is 0 Å². The van der Waals surface area contributed by atoms with Gasteiger partial charge >= 0.3 is 0 Å². The average molecular weight is 274 g/mol. The number of hydrogen-bond acceptors (Lipinski definition) is 4. The maximum absolute atomic E-state index is 5.79. The Kier molecular flexibility index (Phi) is 4.76. The molecule has 0 spiro atoms.